The number of anilines is 1. The molecule has 0 spiro atoms. The first-order valence-electron chi connectivity index (χ1n) is 6.22. The van der Waals surface area contributed by atoms with Gasteiger partial charge in [-0.25, -0.2) is 4.98 Å². The Labute approximate surface area is 127 Å². The molecule has 0 atom stereocenters. The fourth-order valence-electron chi connectivity index (χ4n) is 1.83. The van der Waals surface area contributed by atoms with Gasteiger partial charge in [-0.3, -0.25) is 20.0 Å². The number of halogens is 1. The standard InChI is InChI=1S/C12H10BrN5O3/c13-8-4-3-7(5-9(8)18(20)21)14-12(19)11-15-10(16-17-11)6-1-2-6/h3-6H,1-2H2,(H,14,19)(H,15,16,17). The first-order valence-corrected chi connectivity index (χ1v) is 7.01. The van der Waals surface area contributed by atoms with E-state index >= 15 is 0 Å². The smallest absolute Gasteiger partial charge is 0.295 e. The zero-order chi connectivity index (χ0) is 15.0. The second-order valence-electron chi connectivity index (χ2n) is 4.70. The van der Waals surface area contributed by atoms with E-state index in [4.69, 9.17) is 0 Å². The number of hydrogen-bond acceptors (Lipinski definition) is 5. The van der Waals surface area contributed by atoms with Crippen molar-refractivity contribution in [2.24, 2.45) is 0 Å². The minimum atomic E-state index is -0.530. The van der Waals surface area contributed by atoms with Gasteiger partial charge >= 0.3 is 0 Å². The molecule has 1 aromatic carbocycles. The molecule has 9 heteroatoms. The summed E-state index contributed by atoms with van der Waals surface area (Å²) in [4.78, 5) is 26.4. The number of aromatic nitrogens is 3. The van der Waals surface area contributed by atoms with E-state index in [0.717, 1.165) is 12.8 Å². The van der Waals surface area contributed by atoms with Crippen LogP contribution in [0.5, 0.6) is 0 Å². The van der Waals surface area contributed by atoms with Crippen LogP contribution in [0.2, 0.25) is 0 Å². The Morgan fingerprint density at radius 2 is 2.24 bits per heavy atom. The average Bonchev–Trinajstić information content (AvgIpc) is 3.18. The first kappa shape index (κ1) is 13.7. The van der Waals surface area contributed by atoms with Crippen molar-refractivity contribution in [3.8, 4) is 0 Å². The van der Waals surface area contributed by atoms with Crippen molar-refractivity contribution in [3.63, 3.8) is 0 Å². The minimum absolute atomic E-state index is 0.0301. The summed E-state index contributed by atoms with van der Waals surface area (Å²) in [5.41, 5.74) is 0.189. The second kappa shape index (κ2) is 5.24. The fourth-order valence-corrected chi connectivity index (χ4v) is 2.22. The molecule has 0 bridgehead atoms. The summed E-state index contributed by atoms with van der Waals surface area (Å²) in [5, 5.41) is 20.0. The number of nitrogens with one attached hydrogen (secondary N) is 2. The third-order valence-corrected chi connectivity index (χ3v) is 3.74. The van der Waals surface area contributed by atoms with Crippen LogP contribution in [0.15, 0.2) is 22.7 Å². The molecule has 1 aliphatic carbocycles. The van der Waals surface area contributed by atoms with Crippen LogP contribution in [0.4, 0.5) is 11.4 Å². The lowest BCUT2D eigenvalue weighted by Crippen LogP contribution is -2.14. The van der Waals surface area contributed by atoms with Gasteiger partial charge in [0, 0.05) is 17.7 Å². The average molecular weight is 352 g/mol. The topological polar surface area (TPSA) is 114 Å². The third-order valence-electron chi connectivity index (χ3n) is 3.07. The molecule has 1 fully saturated rings. The molecule has 1 aromatic heterocycles. The van der Waals surface area contributed by atoms with E-state index in [1.165, 1.54) is 12.1 Å². The number of amides is 1. The Hall–Kier alpha value is -2.29. The highest BCUT2D eigenvalue weighted by Crippen LogP contribution is 2.37. The van der Waals surface area contributed by atoms with Crippen molar-refractivity contribution < 1.29 is 9.72 Å². The predicted octanol–water partition coefficient (Wildman–Crippen LogP) is 2.61. The van der Waals surface area contributed by atoms with Crippen molar-refractivity contribution >= 4 is 33.2 Å². The fraction of sp³-hybridized carbons (Fsp3) is 0.250. The van der Waals surface area contributed by atoms with Gasteiger partial charge in [-0.15, -0.1) is 5.10 Å². The molecule has 0 aliphatic heterocycles. The van der Waals surface area contributed by atoms with Gasteiger partial charge in [-0.1, -0.05) is 0 Å². The molecule has 1 aliphatic rings. The van der Waals surface area contributed by atoms with Crippen LogP contribution in [-0.4, -0.2) is 26.0 Å². The van der Waals surface area contributed by atoms with E-state index in [1.807, 2.05) is 0 Å². The molecule has 3 rings (SSSR count). The molecular weight excluding hydrogens is 342 g/mol. The largest absolute Gasteiger partial charge is 0.319 e. The molecule has 0 saturated heterocycles. The lowest BCUT2D eigenvalue weighted by molar-refractivity contribution is -0.385. The molecule has 1 amide bonds. The van der Waals surface area contributed by atoms with Crippen LogP contribution in [0, 0.1) is 10.1 Å². The Bertz CT molecular complexity index is 725. The summed E-state index contributed by atoms with van der Waals surface area (Å²) < 4.78 is 0.347. The van der Waals surface area contributed by atoms with Crippen molar-refractivity contribution in [3.05, 3.63) is 44.4 Å². The highest BCUT2D eigenvalue weighted by Gasteiger charge is 2.28. The van der Waals surface area contributed by atoms with E-state index in [2.05, 4.69) is 36.4 Å². The maximum Gasteiger partial charge on any atom is 0.295 e. The number of hydrogen-bond donors (Lipinski definition) is 2. The molecule has 2 N–H and O–H groups in total. The van der Waals surface area contributed by atoms with Crippen molar-refractivity contribution in [1.29, 1.82) is 0 Å². The van der Waals surface area contributed by atoms with Crippen molar-refractivity contribution in [2.75, 3.05) is 5.32 Å². The number of carbonyl (C=O) groups excluding carboxylic acids is 1. The number of nitro benzene ring substituents is 1. The molecule has 1 saturated carbocycles. The normalized spacial score (nSPS) is 14.0. The van der Waals surface area contributed by atoms with Gasteiger partial charge in [0.2, 0.25) is 5.82 Å². The lowest BCUT2D eigenvalue weighted by Gasteiger charge is -2.03. The number of nitro groups is 1. The number of aromatic amines is 1. The summed E-state index contributed by atoms with van der Waals surface area (Å²) >= 11 is 3.08. The monoisotopic (exact) mass is 351 g/mol. The predicted molar refractivity (Wildman–Crippen MR) is 77.1 cm³/mol. The van der Waals surface area contributed by atoms with Gasteiger partial charge in [0.05, 0.1) is 9.40 Å². The van der Waals surface area contributed by atoms with Crippen LogP contribution in [-0.2, 0) is 0 Å². The van der Waals surface area contributed by atoms with Crippen LogP contribution in [0.3, 0.4) is 0 Å². The number of H-pyrrole nitrogens is 1. The molecule has 0 radical (unpaired) electrons. The van der Waals surface area contributed by atoms with E-state index in [-0.39, 0.29) is 11.5 Å². The Morgan fingerprint density at radius 3 is 2.90 bits per heavy atom. The highest BCUT2D eigenvalue weighted by molar-refractivity contribution is 9.10. The van der Waals surface area contributed by atoms with E-state index < -0.39 is 10.8 Å². The maximum atomic E-state index is 12.0. The van der Waals surface area contributed by atoms with Gasteiger partial charge in [0.1, 0.15) is 5.82 Å². The zero-order valence-electron chi connectivity index (χ0n) is 10.7. The van der Waals surface area contributed by atoms with Gasteiger partial charge in [-0.05, 0) is 40.9 Å². The van der Waals surface area contributed by atoms with E-state index in [0.29, 0.717) is 21.9 Å². The second-order valence-corrected chi connectivity index (χ2v) is 5.55. The van der Waals surface area contributed by atoms with Crippen LogP contribution in [0.25, 0.3) is 0 Å². The van der Waals surface area contributed by atoms with Crippen LogP contribution in [0.1, 0.15) is 35.2 Å². The quantitative estimate of drug-likeness (QED) is 0.649. The molecule has 8 nitrogen and oxygen atoms in total. The van der Waals surface area contributed by atoms with Gasteiger partial charge < -0.3 is 5.32 Å². The van der Waals surface area contributed by atoms with Gasteiger partial charge in [0.25, 0.3) is 11.6 Å². The lowest BCUT2D eigenvalue weighted by atomic mass is 10.3. The molecule has 108 valence electrons. The summed E-state index contributed by atoms with van der Waals surface area (Å²) in [6.07, 6.45) is 2.10. The number of carbonyl (C=O) groups is 1. The van der Waals surface area contributed by atoms with Gasteiger partial charge in [-0.2, -0.15) is 0 Å². The van der Waals surface area contributed by atoms with Crippen molar-refractivity contribution in [1.82, 2.24) is 15.2 Å². The number of nitrogens with zero attached hydrogens (tertiary/aromatic N) is 3. The van der Waals surface area contributed by atoms with Crippen LogP contribution >= 0.6 is 15.9 Å². The number of benzene rings is 1. The summed E-state index contributed by atoms with van der Waals surface area (Å²) in [6, 6.07) is 4.33. The molecular formula is C12H10BrN5O3. The molecule has 1 heterocycles. The van der Waals surface area contributed by atoms with Gasteiger partial charge in [0.15, 0.2) is 0 Å². The maximum absolute atomic E-state index is 12.0. The number of rotatable bonds is 4. The van der Waals surface area contributed by atoms with E-state index in [9.17, 15) is 14.9 Å². The highest BCUT2D eigenvalue weighted by atomic mass is 79.9. The molecule has 21 heavy (non-hydrogen) atoms. The SMILES string of the molecule is O=C(Nc1ccc(Br)c([N+](=O)[O-])c1)c1n[nH]c(C2CC2)n1. The first-order chi connectivity index (χ1) is 10.0. The molecule has 0 unspecified atom stereocenters. The summed E-state index contributed by atoms with van der Waals surface area (Å²) in [7, 11) is 0. The third kappa shape index (κ3) is 2.92. The molecule has 2 aromatic rings. The van der Waals surface area contributed by atoms with E-state index in [1.54, 1.807) is 6.07 Å². The minimum Gasteiger partial charge on any atom is -0.319 e. The Kier molecular flexibility index (Phi) is 3.42. The Morgan fingerprint density at radius 1 is 1.48 bits per heavy atom. The van der Waals surface area contributed by atoms with Crippen molar-refractivity contribution in [2.45, 2.75) is 18.8 Å². The Balaban J connectivity index is 1.77. The summed E-state index contributed by atoms with van der Waals surface area (Å²) in [5.74, 6) is 0.604. The zero-order valence-corrected chi connectivity index (χ0v) is 12.3. The summed E-state index contributed by atoms with van der Waals surface area (Å²) in [6.45, 7) is 0. The van der Waals surface area contributed by atoms with Crippen LogP contribution < -0.4 is 5.32 Å².